The fourth-order valence-electron chi connectivity index (χ4n) is 2.69. The molecule has 0 bridgehead atoms. The Balaban J connectivity index is 2.37. The van der Waals surface area contributed by atoms with Crippen LogP contribution in [0.25, 0.3) is 0 Å². The van der Waals surface area contributed by atoms with Gasteiger partial charge in [0.2, 0.25) is 0 Å². The molecule has 26 heavy (non-hydrogen) atoms. The molecule has 2 N–H and O–H groups in total. The maximum atomic E-state index is 12.5. The van der Waals surface area contributed by atoms with E-state index in [4.69, 9.17) is 14.2 Å². The average Bonchev–Trinajstić information content (AvgIpc) is 2.58. The van der Waals surface area contributed by atoms with Gasteiger partial charge in [0, 0.05) is 5.70 Å². The molecule has 0 unspecified atom stereocenters. The number of nitrogens with one attached hydrogen (secondary N) is 2. The first kappa shape index (κ1) is 19.4. The van der Waals surface area contributed by atoms with Gasteiger partial charge < -0.3 is 24.8 Å². The van der Waals surface area contributed by atoms with Crippen molar-refractivity contribution >= 4 is 12.0 Å². The Labute approximate surface area is 153 Å². The minimum Gasteiger partial charge on any atom is -0.493 e. The van der Waals surface area contributed by atoms with Crippen molar-refractivity contribution < 1.29 is 23.8 Å². The van der Waals surface area contributed by atoms with Crippen LogP contribution in [0, 0.1) is 5.92 Å². The summed E-state index contributed by atoms with van der Waals surface area (Å²) in [4.78, 5) is 24.4. The van der Waals surface area contributed by atoms with E-state index in [0.717, 1.165) is 0 Å². The Kier molecular flexibility index (Phi) is 6.27. The monoisotopic (exact) mass is 360 g/mol. The lowest BCUT2D eigenvalue weighted by Crippen LogP contribution is -2.51. The van der Waals surface area contributed by atoms with Crippen LogP contribution in [0.3, 0.4) is 0 Å². The van der Waals surface area contributed by atoms with Gasteiger partial charge in [-0.05, 0) is 31.5 Å². The number of ether oxygens (including phenoxy) is 3. The summed E-state index contributed by atoms with van der Waals surface area (Å²) < 4.78 is 16.2. The van der Waals surface area contributed by atoms with Gasteiger partial charge in [-0.3, -0.25) is 4.79 Å². The Hall–Kier alpha value is -2.96. The first-order chi connectivity index (χ1) is 12.4. The van der Waals surface area contributed by atoms with E-state index in [9.17, 15) is 9.59 Å². The highest BCUT2D eigenvalue weighted by Crippen LogP contribution is 2.36. The van der Waals surface area contributed by atoms with E-state index in [1.807, 2.05) is 0 Å². The number of carbonyl (C=O) groups is 2. The summed E-state index contributed by atoms with van der Waals surface area (Å²) in [7, 11) is 1.52. The highest BCUT2D eigenvalue weighted by molar-refractivity contribution is 5.85. The van der Waals surface area contributed by atoms with Crippen LogP contribution in [0.15, 0.2) is 43.1 Å². The van der Waals surface area contributed by atoms with Gasteiger partial charge in [0.05, 0.1) is 19.3 Å². The van der Waals surface area contributed by atoms with Crippen molar-refractivity contribution in [2.45, 2.75) is 26.0 Å². The number of rotatable bonds is 7. The van der Waals surface area contributed by atoms with E-state index in [2.05, 4.69) is 23.8 Å². The van der Waals surface area contributed by atoms with Crippen molar-refractivity contribution in [3.63, 3.8) is 0 Å². The predicted molar refractivity (Wildman–Crippen MR) is 97.0 cm³/mol. The van der Waals surface area contributed by atoms with Crippen molar-refractivity contribution in [1.29, 1.82) is 0 Å². The number of hydrogen-bond donors (Lipinski definition) is 2. The molecule has 1 aliphatic rings. The lowest BCUT2D eigenvalue weighted by molar-refractivity contribution is -0.152. The summed E-state index contributed by atoms with van der Waals surface area (Å²) in [5.41, 5.74) is 0.963. The lowest BCUT2D eigenvalue weighted by Gasteiger charge is -2.33. The highest BCUT2D eigenvalue weighted by atomic mass is 16.5. The van der Waals surface area contributed by atoms with E-state index in [-0.39, 0.29) is 11.8 Å². The molecule has 1 aromatic rings. The SMILES string of the molecule is C=CCOc1ccc([C@H]2NC(=O)NC(=C)[C@@H]2C(=O)OC(C)C)cc1OC. The number of urea groups is 1. The summed E-state index contributed by atoms with van der Waals surface area (Å²) in [6.45, 7) is 11.3. The average molecular weight is 360 g/mol. The van der Waals surface area contributed by atoms with Gasteiger partial charge in [0.1, 0.15) is 12.5 Å². The summed E-state index contributed by atoms with van der Waals surface area (Å²) >= 11 is 0. The molecule has 7 heteroatoms. The Morgan fingerprint density at radius 3 is 2.69 bits per heavy atom. The quantitative estimate of drug-likeness (QED) is 0.577. The normalized spacial score (nSPS) is 19.4. The highest BCUT2D eigenvalue weighted by Gasteiger charge is 2.39. The molecule has 0 aromatic heterocycles. The predicted octanol–water partition coefficient (Wildman–Crippen LogP) is 2.70. The number of benzene rings is 1. The second-order valence-electron chi connectivity index (χ2n) is 6.07. The van der Waals surface area contributed by atoms with Gasteiger partial charge in [-0.1, -0.05) is 25.3 Å². The number of carbonyl (C=O) groups excluding carboxylic acids is 2. The van der Waals surface area contributed by atoms with Gasteiger partial charge in [-0.15, -0.1) is 0 Å². The van der Waals surface area contributed by atoms with Crippen LogP contribution in [0.2, 0.25) is 0 Å². The van der Waals surface area contributed by atoms with Crippen LogP contribution in [-0.4, -0.2) is 31.8 Å². The van der Waals surface area contributed by atoms with Crippen LogP contribution < -0.4 is 20.1 Å². The zero-order valence-corrected chi connectivity index (χ0v) is 15.2. The maximum Gasteiger partial charge on any atom is 0.319 e. The number of amides is 2. The van der Waals surface area contributed by atoms with E-state index in [1.54, 1.807) is 38.1 Å². The third kappa shape index (κ3) is 4.36. The molecule has 1 fully saturated rings. The Bertz CT molecular complexity index is 714. The third-order valence-corrected chi connectivity index (χ3v) is 3.78. The molecule has 2 rings (SSSR count). The first-order valence-corrected chi connectivity index (χ1v) is 8.25. The summed E-state index contributed by atoms with van der Waals surface area (Å²) in [5.74, 6) is -0.205. The second kappa shape index (κ2) is 8.42. The Morgan fingerprint density at radius 2 is 2.08 bits per heavy atom. The smallest absolute Gasteiger partial charge is 0.319 e. The molecular formula is C19H24N2O5. The Morgan fingerprint density at radius 1 is 1.35 bits per heavy atom. The van der Waals surface area contributed by atoms with Crippen LogP contribution in [0.5, 0.6) is 11.5 Å². The van der Waals surface area contributed by atoms with Crippen molar-refractivity contribution in [3.8, 4) is 11.5 Å². The van der Waals surface area contributed by atoms with Crippen LogP contribution in [0.4, 0.5) is 4.79 Å². The molecule has 1 saturated heterocycles. The van der Waals surface area contributed by atoms with Crippen LogP contribution in [0.1, 0.15) is 25.5 Å². The summed E-state index contributed by atoms with van der Waals surface area (Å²) in [6, 6.07) is 4.14. The largest absolute Gasteiger partial charge is 0.493 e. The fraction of sp³-hybridized carbons (Fsp3) is 0.368. The molecule has 0 aliphatic carbocycles. The molecule has 1 heterocycles. The third-order valence-electron chi connectivity index (χ3n) is 3.78. The standard InChI is InChI=1S/C19H24N2O5/c1-6-9-25-14-8-7-13(10-15(14)24-5)17-16(18(22)26-11(2)3)12(4)20-19(23)21-17/h6-8,10-11,16-17H,1,4,9H2,2-3,5H3,(H2,20,21,23)/t16-,17+/m0/s1. The maximum absolute atomic E-state index is 12.5. The van der Waals surface area contributed by atoms with Gasteiger partial charge >= 0.3 is 12.0 Å². The second-order valence-corrected chi connectivity index (χ2v) is 6.07. The minimum atomic E-state index is -0.764. The molecule has 140 valence electrons. The molecule has 2 atom stereocenters. The first-order valence-electron chi connectivity index (χ1n) is 8.25. The van der Waals surface area contributed by atoms with E-state index in [0.29, 0.717) is 23.7 Å². The number of methoxy groups -OCH3 is 1. The van der Waals surface area contributed by atoms with E-state index >= 15 is 0 Å². The van der Waals surface area contributed by atoms with Gasteiger partial charge in [-0.25, -0.2) is 4.79 Å². The van der Waals surface area contributed by atoms with Gasteiger partial charge in [0.25, 0.3) is 0 Å². The summed E-state index contributed by atoms with van der Waals surface area (Å²) in [5, 5.41) is 5.30. The van der Waals surface area contributed by atoms with Gasteiger partial charge in [0.15, 0.2) is 11.5 Å². The fourth-order valence-corrected chi connectivity index (χ4v) is 2.69. The van der Waals surface area contributed by atoms with E-state index in [1.165, 1.54) is 7.11 Å². The van der Waals surface area contributed by atoms with Crippen molar-refractivity contribution in [2.24, 2.45) is 5.92 Å². The van der Waals surface area contributed by atoms with Crippen molar-refractivity contribution in [2.75, 3.05) is 13.7 Å². The molecule has 2 amide bonds. The van der Waals surface area contributed by atoms with Gasteiger partial charge in [-0.2, -0.15) is 0 Å². The van der Waals surface area contributed by atoms with E-state index < -0.39 is 24.0 Å². The lowest BCUT2D eigenvalue weighted by atomic mass is 9.89. The molecular weight excluding hydrogens is 336 g/mol. The molecule has 1 aliphatic heterocycles. The van der Waals surface area contributed by atoms with Crippen LogP contribution in [-0.2, 0) is 9.53 Å². The number of esters is 1. The zero-order valence-electron chi connectivity index (χ0n) is 15.2. The molecule has 7 nitrogen and oxygen atoms in total. The molecule has 0 spiro atoms. The number of hydrogen-bond acceptors (Lipinski definition) is 5. The van der Waals surface area contributed by atoms with Crippen molar-refractivity contribution in [1.82, 2.24) is 10.6 Å². The molecule has 0 radical (unpaired) electrons. The molecule has 0 saturated carbocycles. The molecule has 1 aromatic carbocycles. The van der Waals surface area contributed by atoms with Crippen LogP contribution >= 0.6 is 0 Å². The van der Waals surface area contributed by atoms with Crippen molar-refractivity contribution in [3.05, 3.63) is 48.7 Å². The zero-order chi connectivity index (χ0) is 19.3. The minimum absolute atomic E-state index is 0.280. The topological polar surface area (TPSA) is 85.9 Å². The summed E-state index contributed by atoms with van der Waals surface area (Å²) in [6.07, 6.45) is 1.35.